The summed E-state index contributed by atoms with van der Waals surface area (Å²) in [5.41, 5.74) is 0.720. The third-order valence-corrected chi connectivity index (χ3v) is 3.78. The number of carbonyl (C=O) groups is 1. The molecule has 0 atom stereocenters. The van der Waals surface area contributed by atoms with Crippen LogP contribution in [-0.4, -0.2) is 15.6 Å². The molecule has 1 rings (SSSR count). The normalized spacial score (nSPS) is 10.9. The summed E-state index contributed by atoms with van der Waals surface area (Å²) in [7, 11) is 0. The largest absolute Gasteiger partial charge is 0.294 e. The van der Waals surface area contributed by atoms with Crippen molar-refractivity contribution in [2.45, 2.75) is 84.6 Å². The molecule has 3 heteroatoms. The van der Waals surface area contributed by atoms with Gasteiger partial charge in [0, 0.05) is 12.7 Å². The van der Waals surface area contributed by atoms with Crippen LogP contribution in [0.4, 0.5) is 0 Å². The summed E-state index contributed by atoms with van der Waals surface area (Å²) in [6.45, 7) is 4.78. The molecule has 0 aliphatic rings. The van der Waals surface area contributed by atoms with Gasteiger partial charge in [-0.05, 0) is 13.3 Å². The molecule has 0 fully saturated rings. The molecule has 0 radical (unpaired) electrons. The molecule has 20 heavy (non-hydrogen) atoms. The van der Waals surface area contributed by atoms with Crippen LogP contribution in [0.15, 0.2) is 12.4 Å². The van der Waals surface area contributed by atoms with Gasteiger partial charge in [-0.15, -0.1) is 0 Å². The molecule has 1 aromatic heterocycles. The second kappa shape index (κ2) is 10.6. The lowest BCUT2D eigenvalue weighted by Crippen LogP contribution is -1.98. The van der Waals surface area contributed by atoms with Gasteiger partial charge in [0.15, 0.2) is 5.78 Å². The highest BCUT2D eigenvalue weighted by Crippen LogP contribution is 2.11. The second-order valence-corrected chi connectivity index (χ2v) is 5.73. The average molecular weight is 278 g/mol. The molecule has 0 saturated carbocycles. The molecule has 0 amide bonds. The standard InChI is InChI=1S/C17H30N2O/c1-3-4-5-6-7-8-9-10-11-12-13-19-15-17(14-18-19)16(2)20/h14-15H,3-13H2,1-2H3. The zero-order valence-electron chi connectivity index (χ0n) is 13.2. The van der Waals surface area contributed by atoms with E-state index < -0.39 is 0 Å². The Hall–Kier alpha value is -1.12. The van der Waals surface area contributed by atoms with E-state index in [1.165, 1.54) is 57.8 Å². The highest BCUT2D eigenvalue weighted by Gasteiger charge is 2.02. The Morgan fingerprint density at radius 1 is 1.00 bits per heavy atom. The fraction of sp³-hybridized carbons (Fsp3) is 0.765. The molecule has 0 N–H and O–H groups in total. The Morgan fingerprint density at radius 3 is 2.05 bits per heavy atom. The van der Waals surface area contributed by atoms with Crippen molar-refractivity contribution < 1.29 is 4.79 Å². The fourth-order valence-electron chi connectivity index (χ4n) is 2.43. The minimum absolute atomic E-state index is 0.0966. The second-order valence-electron chi connectivity index (χ2n) is 5.73. The zero-order chi connectivity index (χ0) is 14.6. The topological polar surface area (TPSA) is 34.9 Å². The van der Waals surface area contributed by atoms with Gasteiger partial charge in [0.05, 0.1) is 11.8 Å². The van der Waals surface area contributed by atoms with Crippen LogP contribution < -0.4 is 0 Å². The van der Waals surface area contributed by atoms with Gasteiger partial charge in [0.2, 0.25) is 0 Å². The molecular formula is C17H30N2O. The van der Waals surface area contributed by atoms with Gasteiger partial charge in [-0.2, -0.15) is 5.10 Å². The van der Waals surface area contributed by atoms with Gasteiger partial charge in [0.1, 0.15) is 0 Å². The lowest BCUT2D eigenvalue weighted by Gasteiger charge is -2.03. The van der Waals surface area contributed by atoms with Crippen molar-refractivity contribution in [3.05, 3.63) is 18.0 Å². The molecule has 114 valence electrons. The van der Waals surface area contributed by atoms with Crippen LogP contribution in [0, 0.1) is 0 Å². The number of aromatic nitrogens is 2. The number of carbonyl (C=O) groups excluding carboxylic acids is 1. The average Bonchev–Trinajstić information content (AvgIpc) is 2.90. The first-order valence-electron chi connectivity index (χ1n) is 8.27. The molecule has 0 aromatic carbocycles. The van der Waals surface area contributed by atoms with Crippen LogP contribution in [0.5, 0.6) is 0 Å². The first-order chi connectivity index (χ1) is 9.74. The third-order valence-electron chi connectivity index (χ3n) is 3.78. The smallest absolute Gasteiger partial charge is 0.162 e. The first kappa shape index (κ1) is 16.9. The van der Waals surface area contributed by atoms with Crippen LogP contribution in [0.3, 0.4) is 0 Å². The van der Waals surface area contributed by atoms with Gasteiger partial charge in [0.25, 0.3) is 0 Å². The number of ketones is 1. The van der Waals surface area contributed by atoms with E-state index in [9.17, 15) is 4.79 Å². The van der Waals surface area contributed by atoms with Gasteiger partial charge >= 0.3 is 0 Å². The molecule has 1 heterocycles. The molecule has 0 aliphatic heterocycles. The minimum atomic E-state index is 0.0966. The van der Waals surface area contributed by atoms with Crippen LogP contribution >= 0.6 is 0 Å². The summed E-state index contributed by atoms with van der Waals surface area (Å²) in [6.07, 6.45) is 17.0. The summed E-state index contributed by atoms with van der Waals surface area (Å²) in [5, 5.41) is 4.21. The van der Waals surface area contributed by atoms with Crippen molar-refractivity contribution >= 4 is 5.78 Å². The highest BCUT2D eigenvalue weighted by molar-refractivity contribution is 5.93. The molecule has 0 aliphatic carbocycles. The minimum Gasteiger partial charge on any atom is -0.294 e. The molecule has 0 spiro atoms. The van der Waals surface area contributed by atoms with Crippen molar-refractivity contribution in [3.63, 3.8) is 0 Å². The maximum atomic E-state index is 11.1. The van der Waals surface area contributed by atoms with Crippen molar-refractivity contribution in [1.29, 1.82) is 0 Å². The van der Waals surface area contributed by atoms with E-state index in [4.69, 9.17) is 0 Å². The highest BCUT2D eigenvalue weighted by atomic mass is 16.1. The summed E-state index contributed by atoms with van der Waals surface area (Å²) >= 11 is 0. The predicted octanol–water partition coefficient (Wildman–Crippen LogP) is 5.01. The van der Waals surface area contributed by atoms with E-state index in [0.717, 1.165) is 18.5 Å². The molecule has 0 bridgehead atoms. The zero-order valence-corrected chi connectivity index (χ0v) is 13.2. The van der Waals surface area contributed by atoms with Gasteiger partial charge in [-0.1, -0.05) is 64.7 Å². The lowest BCUT2D eigenvalue weighted by molar-refractivity contribution is 0.101. The number of aryl methyl sites for hydroxylation is 1. The molecule has 3 nitrogen and oxygen atoms in total. The summed E-state index contributed by atoms with van der Waals surface area (Å²) in [5.74, 6) is 0.0966. The molecule has 0 saturated heterocycles. The number of hydrogen-bond acceptors (Lipinski definition) is 2. The van der Waals surface area contributed by atoms with E-state index in [1.54, 1.807) is 13.1 Å². The van der Waals surface area contributed by atoms with Crippen LogP contribution in [0.25, 0.3) is 0 Å². The molecule has 1 aromatic rings. The molecule has 0 unspecified atom stereocenters. The van der Waals surface area contributed by atoms with Crippen molar-refractivity contribution in [3.8, 4) is 0 Å². The van der Waals surface area contributed by atoms with E-state index >= 15 is 0 Å². The lowest BCUT2D eigenvalue weighted by atomic mass is 10.1. The van der Waals surface area contributed by atoms with E-state index in [-0.39, 0.29) is 5.78 Å². The van der Waals surface area contributed by atoms with Crippen molar-refractivity contribution in [2.24, 2.45) is 0 Å². The number of Topliss-reactive ketones (excluding diaryl/α,β-unsaturated/α-hetero) is 1. The third kappa shape index (κ3) is 7.46. The van der Waals surface area contributed by atoms with E-state index in [1.807, 2.05) is 10.9 Å². The Bertz CT molecular complexity index is 371. The monoisotopic (exact) mass is 278 g/mol. The van der Waals surface area contributed by atoms with Gasteiger partial charge in [-0.3, -0.25) is 9.48 Å². The summed E-state index contributed by atoms with van der Waals surface area (Å²) in [4.78, 5) is 11.1. The van der Waals surface area contributed by atoms with Gasteiger partial charge in [-0.25, -0.2) is 0 Å². The van der Waals surface area contributed by atoms with Crippen LogP contribution in [-0.2, 0) is 6.54 Å². The summed E-state index contributed by atoms with van der Waals surface area (Å²) < 4.78 is 1.89. The Labute approximate surface area is 123 Å². The number of unbranched alkanes of at least 4 members (excludes halogenated alkanes) is 9. The van der Waals surface area contributed by atoms with Gasteiger partial charge < -0.3 is 0 Å². The SMILES string of the molecule is CCCCCCCCCCCCn1cc(C(C)=O)cn1. The summed E-state index contributed by atoms with van der Waals surface area (Å²) in [6, 6.07) is 0. The predicted molar refractivity (Wildman–Crippen MR) is 84.1 cm³/mol. The van der Waals surface area contributed by atoms with Crippen molar-refractivity contribution in [1.82, 2.24) is 9.78 Å². The van der Waals surface area contributed by atoms with Crippen LogP contribution in [0.1, 0.15) is 88.4 Å². The number of hydrogen-bond donors (Lipinski definition) is 0. The van der Waals surface area contributed by atoms with Crippen LogP contribution in [0.2, 0.25) is 0 Å². The van der Waals surface area contributed by atoms with Crippen molar-refractivity contribution in [2.75, 3.05) is 0 Å². The quantitative estimate of drug-likeness (QED) is 0.398. The molecular weight excluding hydrogens is 248 g/mol. The number of nitrogens with zero attached hydrogens (tertiary/aromatic N) is 2. The Balaban J connectivity index is 1.93. The Kier molecular flexibility index (Phi) is 9.01. The maximum Gasteiger partial charge on any atom is 0.162 e. The van der Waals surface area contributed by atoms with E-state index in [2.05, 4.69) is 12.0 Å². The first-order valence-corrected chi connectivity index (χ1v) is 8.27. The Morgan fingerprint density at radius 2 is 1.55 bits per heavy atom. The number of rotatable bonds is 12. The van der Waals surface area contributed by atoms with E-state index in [0.29, 0.717) is 0 Å². The maximum absolute atomic E-state index is 11.1. The fourth-order valence-corrected chi connectivity index (χ4v) is 2.43.